The second-order valence-electron chi connectivity index (χ2n) is 10.3. The number of nitrogens with zero attached hydrogens (tertiary/aromatic N) is 2. The van der Waals surface area contributed by atoms with Gasteiger partial charge in [-0.25, -0.2) is 0 Å². The summed E-state index contributed by atoms with van der Waals surface area (Å²) >= 11 is 0. The van der Waals surface area contributed by atoms with Crippen molar-refractivity contribution in [3.05, 3.63) is 76.5 Å². The van der Waals surface area contributed by atoms with Gasteiger partial charge in [-0.05, 0) is 96.4 Å². The Morgan fingerprint density at radius 1 is 1.26 bits per heavy atom. The van der Waals surface area contributed by atoms with Crippen LogP contribution in [0.25, 0.3) is 5.70 Å². The molecule has 0 radical (unpaired) electrons. The SMILES string of the molecule is C=C(C)C1=CN2C(=CC1=C)c1cc(CC)c(CCCCC#N)cc1C1CCC(C)(C)C12. The van der Waals surface area contributed by atoms with Crippen LogP contribution in [0.1, 0.15) is 88.0 Å². The summed E-state index contributed by atoms with van der Waals surface area (Å²) < 4.78 is 0. The van der Waals surface area contributed by atoms with Crippen LogP contribution in [0.3, 0.4) is 0 Å². The number of nitriles is 1. The molecule has 1 aromatic rings. The standard InChI is InChI=1S/C29H36N2/c1-7-21-16-25-24(17-22(21)11-9-8-10-14-30)23-12-13-29(5,6)28(23)31-18-26(19(2)3)20(4)15-27(25)31/h15-18,23,28H,2,4,7-13H2,1,3,5-6H3. The maximum Gasteiger partial charge on any atom is 0.0621 e. The fourth-order valence-electron chi connectivity index (χ4n) is 6.03. The van der Waals surface area contributed by atoms with E-state index in [-0.39, 0.29) is 5.41 Å². The van der Waals surface area contributed by atoms with E-state index in [1.165, 1.54) is 46.4 Å². The summed E-state index contributed by atoms with van der Waals surface area (Å²) in [4.78, 5) is 2.56. The molecule has 2 atom stereocenters. The average Bonchev–Trinajstić information content (AvgIpc) is 3.05. The Bertz CT molecular complexity index is 1030. The largest absolute Gasteiger partial charge is 0.343 e. The molecule has 3 aliphatic rings. The zero-order valence-corrected chi connectivity index (χ0v) is 19.7. The van der Waals surface area contributed by atoms with Gasteiger partial charge in [-0.1, -0.05) is 40.0 Å². The highest BCUT2D eigenvalue weighted by atomic mass is 15.2. The van der Waals surface area contributed by atoms with Crippen molar-refractivity contribution in [3.63, 3.8) is 0 Å². The summed E-state index contributed by atoms with van der Waals surface area (Å²) in [6.07, 6.45) is 12.0. The van der Waals surface area contributed by atoms with Crippen LogP contribution in [-0.2, 0) is 12.8 Å². The Hall–Kier alpha value is -2.53. The van der Waals surface area contributed by atoms with E-state index < -0.39 is 0 Å². The third-order valence-electron chi connectivity index (χ3n) is 7.66. The van der Waals surface area contributed by atoms with Crippen LogP contribution in [0.15, 0.2) is 54.3 Å². The molecule has 2 unspecified atom stereocenters. The first-order valence-electron chi connectivity index (χ1n) is 11.9. The first-order valence-corrected chi connectivity index (χ1v) is 11.9. The summed E-state index contributed by atoms with van der Waals surface area (Å²) in [5.41, 5.74) is 10.8. The quantitative estimate of drug-likeness (QED) is 0.454. The number of fused-ring (bicyclic) bond motifs is 6. The molecule has 2 heteroatoms. The van der Waals surface area contributed by atoms with Gasteiger partial charge in [0.2, 0.25) is 0 Å². The zero-order chi connectivity index (χ0) is 22.3. The molecule has 0 spiro atoms. The number of benzene rings is 1. The van der Waals surface area contributed by atoms with Crippen molar-refractivity contribution >= 4 is 5.70 Å². The number of hydrogen-bond acceptors (Lipinski definition) is 2. The molecule has 0 bridgehead atoms. The van der Waals surface area contributed by atoms with Gasteiger partial charge in [0.15, 0.2) is 0 Å². The maximum absolute atomic E-state index is 8.88. The van der Waals surface area contributed by atoms with Crippen LogP contribution in [0.5, 0.6) is 0 Å². The lowest BCUT2D eigenvalue weighted by Crippen LogP contribution is -2.45. The first-order chi connectivity index (χ1) is 14.8. The monoisotopic (exact) mass is 412 g/mol. The van der Waals surface area contributed by atoms with Gasteiger partial charge in [0.05, 0.1) is 6.07 Å². The molecule has 0 aromatic heterocycles. The Morgan fingerprint density at radius 2 is 2.03 bits per heavy atom. The average molecular weight is 413 g/mol. The molecule has 2 heterocycles. The van der Waals surface area contributed by atoms with Crippen molar-refractivity contribution in [1.29, 1.82) is 5.26 Å². The van der Waals surface area contributed by atoms with E-state index in [1.54, 1.807) is 0 Å². The second-order valence-corrected chi connectivity index (χ2v) is 10.3. The predicted octanol–water partition coefficient (Wildman–Crippen LogP) is 7.44. The Kier molecular flexibility index (Phi) is 5.73. The van der Waals surface area contributed by atoms with Gasteiger partial charge in [-0.15, -0.1) is 0 Å². The molecule has 0 N–H and O–H groups in total. The highest BCUT2D eigenvalue weighted by Crippen LogP contribution is 2.56. The molecule has 162 valence electrons. The van der Waals surface area contributed by atoms with Crippen LogP contribution in [0, 0.1) is 16.7 Å². The minimum atomic E-state index is 0.257. The van der Waals surface area contributed by atoms with Gasteiger partial charge < -0.3 is 4.90 Å². The third kappa shape index (κ3) is 3.69. The normalized spacial score (nSPS) is 23.3. The van der Waals surface area contributed by atoms with Crippen LogP contribution < -0.4 is 0 Å². The first kappa shape index (κ1) is 21.7. The van der Waals surface area contributed by atoms with E-state index in [1.807, 2.05) is 0 Å². The van der Waals surface area contributed by atoms with E-state index in [2.05, 4.69) is 76.2 Å². The zero-order valence-electron chi connectivity index (χ0n) is 19.7. The van der Waals surface area contributed by atoms with Gasteiger partial charge in [-0.2, -0.15) is 5.26 Å². The highest BCUT2D eigenvalue weighted by Gasteiger charge is 2.50. The van der Waals surface area contributed by atoms with Crippen molar-refractivity contribution < 1.29 is 0 Å². The molecule has 2 aliphatic heterocycles. The number of allylic oxidation sites excluding steroid dienone is 4. The summed E-state index contributed by atoms with van der Waals surface area (Å²) in [6.45, 7) is 17.8. The number of unbranched alkanes of at least 4 members (excludes halogenated alkanes) is 2. The minimum Gasteiger partial charge on any atom is -0.343 e. The molecule has 1 aromatic carbocycles. The summed E-state index contributed by atoms with van der Waals surface area (Å²) in [5, 5.41) is 8.88. The number of hydrogen-bond donors (Lipinski definition) is 0. The van der Waals surface area contributed by atoms with Crippen LogP contribution in [-0.4, -0.2) is 10.9 Å². The Balaban J connectivity index is 1.83. The fourth-order valence-corrected chi connectivity index (χ4v) is 6.03. The van der Waals surface area contributed by atoms with Crippen molar-refractivity contribution in [2.45, 2.75) is 84.6 Å². The molecular formula is C29H36N2. The van der Waals surface area contributed by atoms with Crippen molar-refractivity contribution in [1.82, 2.24) is 4.90 Å². The lowest BCUT2D eigenvalue weighted by molar-refractivity contribution is 0.195. The molecule has 2 nitrogen and oxygen atoms in total. The van der Waals surface area contributed by atoms with Crippen molar-refractivity contribution in [2.24, 2.45) is 5.41 Å². The molecule has 1 saturated carbocycles. The summed E-state index contributed by atoms with van der Waals surface area (Å²) in [6, 6.07) is 7.74. The third-order valence-corrected chi connectivity index (χ3v) is 7.66. The van der Waals surface area contributed by atoms with Gasteiger partial charge in [0.1, 0.15) is 0 Å². The number of rotatable bonds is 6. The molecule has 1 aliphatic carbocycles. The second kappa shape index (κ2) is 8.19. The van der Waals surface area contributed by atoms with Gasteiger partial charge in [0.25, 0.3) is 0 Å². The molecule has 31 heavy (non-hydrogen) atoms. The fraction of sp³-hybridized carbons (Fsp3) is 0.483. The van der Waals surface area contributed by atoms with E-state index in [4.69, 9.17) is 5.26 Å². The molecule has 4 rings (SSSR count). The van der Waals surface area contributed by atoms with Crippen LogP contribution in [0.4, 0.5) is 0 Å². The van der Waals surface area contributed by atoms with E-state index in [0.717, 1.165) is 36.8 Å². The maximum atomic E-state index is 8.88. The predicted molar refractivity (Wildman–Crippen MR) is 130 cm³/mol. The van der Waals surface area contributed by atoms with E-state index >= 15 is 0 Å². The van der Waals surface area contributed by atoms with E-state index in [0.29, 0.717) is 18.4 Å². The molecular weight excluding hydrogens is 376 g/mol. The van der Waals surface area contributed by atoms with Crippen LogP contribution in [0.2, 0.25) is 0 Å². The molecule has 0 saturated heterocycles. The Labute approximate surface area is 188 Å². The van der Waals surface area contributed by atoms with Crippen LogP contribution >= 0.6 is 0 Å². The van der Waals surface area contributed by atoms with Gasteiger partial charge in [-0.3, -0.25) is 0 Å². The van der Waals surface area contributed by atoms with Crippen molar-refractivity contribution in [2.75, 3.05) is 0 Å². The van der Waals surface area contributed by atoms with Gasteiger partial charge in [0, 0.05) is 35.8 Å². The summed E-state index contributed by atoms with van der Waals surface area (Å²) in [5.74, 6) is 0.555. The molecule has 1 fully saturated rings. The van der Waals surface area contributed by atoms with Crippen molar-refractivity contribution in [3.8, 4) is 6.07 Å². The van der Waals surface area contributed by atoms with E-state index in [9.17, 15) is 0 Å². The topological polar surface area (TPSA) is 27.0 Å². The number of aryl methyl sites for hydroxylation is 2. The smallest absolute Gasteiger partial charge is 0.0621 e. The molecule has 0 amide bonds. The minimum absolute atomic E-state index is 0.257. The highest BCUT2D eigenvalue weighted by molar-refractivity contribution is 5.78. The lowest BCUT2D eigenvalue weighted by atomic mass is 9.74. The Morgan fingerprint density at radius 3 is 2.71 bits per heavy atom. The summed E-state index contributed by atoms with van der Waals surface area (Å²) in [7, 11) is 0. The van der Waals surface area contributed by atoms with Gasteiger partial charge >= 0.3 is 0 Å². The lowest BCUT2D eigenvalue weighted by Gasteiger charge is -2.48.